The normalized spacial score (nSPS) is 26.1. The van der Waals surface area contributed by atoms with E-state index >= 15 is 0 Å². The largest absolute Gasteiger partial charge is 0.493 e. The number of nitrogens with one attached hydrogen (secondary N) is 1. The lowest BCUT2D eigenvalue weighted by molar-refractivity contribution is -0.134. The Hall–Kier alpha value is -3.42. The summed E-state index contributed by atoms with van der Waals surface area (Å²) in [4.78, 5) is 29.7. The van der Waals surface area contributed by atoms with Gasteiger partial charge in [0.15, 0.2) is 17.1 Å². The molecule has 1 aromatic carbocycles. The highest BCUT2D eigenvalue weighted by Crippen LogP contribution is 2.38. The van der Waals surface area contributed by atoms with Crippen molar-refractivity contribution in [3.8, 4) is 11.5 Å². The van der Waals surface area contributed by atoms with Gasteiger partial charge >= 0.3 is 0 Å². The molecule has 1 aliphatic heterocycles. The van der Waals surface area contributed by atoms with Crippen molar-refractivity contribution in [3.05, 3.63) is 47.9 Å². The summed E-state index contributed by atoms with van der Waals surface area (Å²) in [5.41, 5.74) is 1.61. The molecule has 1 N–H and O–H groups in total. The number of carbonyl (C=O) groups excluding carboxylic acids is 2. The number of hydrogen-bond acceptors (Lipinski definition) is 5. The summed E-state index contributed by atoms with van der Waals surface area (Å²) in [6.07, 6.45) is 4.83. The van der Waals surface area contributed by atoms with Gasteiger partial charge in [0.1, 0.15) is 11.2 Å². The fraction of sp³-hybridized carbons (Fsp3) is 0.500. The van der Waals surface area contributed by atoms with E-state index in [0.29, 0.717) is 41.2 Å². The molecule has 1 aliphatic carbocycles. The van der Waals surface area contributed by atoms with Gasteiger partial charge in [0.25, 0.3) is 5.91 Å². The number of aromatic nitrogens is 1. The molecule has 4 atom stereocenters. The van der Waals surface area contributed by atoms with E-state index in [4.69, 9.17) is 13.9 Å². The van der Waals surface area contributed by atoms with Gasteiger partial charge in [0.05, 0.1) is 39.1 Å². The second-order valence-corrected chi connectivity index (χ2v) is 10.5. The molecule has 3 heterocycles. The third-order valence-corrected chi connectivity index (χ3v) is 8.37. The van der Waals surface area contributed by atoms with Gasteiger partial charge in [-0.05, 0) is 31.2 Å². The standard InChI is InChI=1S/C28H35N3O5/c1-17-8-6-10-20(18(17)2)29-27(33)28(3)16-30-21-12-13-36-24(21)14-22(30)26(32)31(28)15-19-9-7-11-23(34-4)25(19)35-5/h7,9,11-14,17-18,20H,6,8,10,15-16H2,1-5H3,(H,29,33)/t17-,18-,20-,28-/m1/s1. The van der Waals surface area contributed by atoms with Gasteiger partial charge < -0.3 is 28.7 Å². The van der Waals surface area contributed by atoms with Crippen LogP contribution in [0.15, 0.2) is 41.0 Å². The Bertz CT molecular complexity index is 1290. The van der Waals surface area contributed by atoms with Crippen LogP contribution in [0, 0.1) is 11.8 Å². The molecule has 0 radical (unpaired) electrons. The summed E-state index contributed by atoms with van der Waals surface area (Å²) in [5.74, 6) is 1.69. The third-order valence-electron chi connectivity index (χ3n) is 8.37. The van der Waals surface area contributed by atoms with Crippen molar-refractivity contribution in [3.63, 3.8) is 0 Å². The minimum atomic E-state index is -1.12. The molecule has 1 fully saturated rings. The number of hydrogen-bond donors (Lipinski definition) is 1. The lowest BCUT2D eigenvalue weighted by Gasteiger charge is -2.45. The molecule has 0 saturated heterocycles. The summed E-state index contributed by atoms with van der Waals surface area (Å²) in [6, 6.07) is 9.27. The van der Waals surface area contributed by atoms with Crippen LogP contribution >= 0.6 is 0 Å². The molecular formula is C28H35N3O5. The minimum Gasteiger partial charge on any atom is -0.493 e. The van der Waals surface area contributed by atoms with Crippen molar-refractivity contribution in [2.75, 3.05) is 14.2 Å². The molecule has 2 amide bonds. The molecule has 2 aliphatic rings. The summed E-state index contributed by atoms with van der Waals surface area (Å²) < 4.78 is 18.6. The van der Waals surface area contributed by atoms with Gasteiger partial charge in [-0.25, -0.2) is 0 Å². The lowest BCUT2D eigenvalue weighted by Crippen LogP contribution is -2.65. The Morgan fingerprint density at radius 3 is 2.75 bits per heavy atom. The molecule has 3 aromatic rings. The van der Waals surface area contributed by atoms with Crippen LogP contribution in [0.1, 0.15) is 56.1 Å². The first-order valence-electron chi connectivity index (χ1n) is 12.7. The van der Waals surface area contributed by atoms with Crippen LogP contribution in [-0.2, 0) is 17.9 Å². The average Bonchev–Trinajstić information content (AvgIpc) is 3.46. The third kappa shape index (κ3) is 3.83. The fourth-order valence-corrected chi connectivity index (χ4v) is 5.88. The molecule has 8 heteroatoms. The number of methoxy groups -OCH3 is 2. The molecule has 2 aromatic heterocycles. The number of benzene rings is 1. The monoisotopic (exact) mass is 493 g/mol. The molecule has 0 spiro atoms. The first-order chi connectivity index (χ1) is 17.3. The quantitative estimate of drug-likeness (QED) is 0.542. The van der Waals surface area contributed by atoms with Gasteiger partial charge in [-0.1, -0.05) is 38.8 Å². The zero-order valence-electron chi connectivity index (χ0n) is 21.7. The van der Waals surface area contributed by atoms with E-state index in [1.54, 1.807) is 31.4 Å². The van der Waals surface area contributed by atoms with E-state index in [0.717, 1.165) is 23.9 Å². The van der Waals surface area contributed by atoms with Crippen molar-refractivity contribution in [2.45, 2.75) is 64.7 Å². The summed E-state index contributed by atoms with van der Waals surface area (Å²) in [7, 11) is 3.16. The van der Waals surface area contributed by atoms with Gasteiger partial charge in [-0.3, -0.25) is 9.59 Å². The van der Waals surface area contributed by atoms with Crippen molar-refractivity contribution >= 4 is 22.9 Å². The molecule has 0 bridgehead atoms. The Kier molecular flexibility index (Phi) is 6.22. The van der Waals surface area contributed by atoms with Crippen molar-refractivity contribution in [1.29, 1.82) is 0 Å². The van der Waals surface area contributed by atoms with Crippen LogP contribution in [0.25, 0.3) is 11.1 Å². The van der Waals surface area contributed by atoms with Crippen molar-refractivity contribution < 1.29 is 23.5 Å². The van der Waals surface area contributed by atoms with Gasteiger partial charge in [0.2, 0.25) is 5.91 Å². The van der Waals surface area contributed by atoms with E-state index < -0.39 is 5.54 Å². The summed E-state index contributed by atoms with van der Waals surface area (Å²) >= 11 is 0. The highest BCUT2D eigenvalue weighted by molar-refractivity contribution is 6.03. The van der Waals surface area contributed by atoms with E-state index in [1.165, 1.54) is 6.42 Å². The van der Waals surface area contributed by atoms with Crippen molar-refractivity contribution in [2.24, 2.45) is 11.8 Å². The number of fused-ring (bicyclic) bond motifs is 3. The number of ether oxygens (including phenoxy) is 2. The van der Waals surface area contributed by atoms with E-state index in [9.17, 15) is 9.59 Å². The van der Waals surface area contributed by atoms with Gasteiger partial charge in [-0.15, -0.1) is 0 Å². The number of furan rings is 1. The smallest absolute Gasteiger partial charge is 0.271 e. The van der Waals surface area contributed by atoms with Gasteiger partial charge in [0, 0.05) is 23.7 Å². The van der Waals surface area contributed by atoms with Crippen LogP contribution < -0.4 is 14.8 Å². The van der Waals surface area contributed by atoms with Crippen LogP contribution in [-0.4, -0.2) is 47.1 Å². The predicted molar refractivity (Wildman–Crippen MR) is 136 cm³/mol. The maximum Gasteiger partial charge on any atom is 0.271 e. The lowest BCUT2D eigenvalue weighted by atomic mass is 9.77. The maximum atomic E-state index is 14.1. The maximum absolute atomic E-state index is 14.1. The molecule has 1 saturated carbocycles. The zero-order valence-corrected chi connectivity index (χ0v) is 21.7. The Labute approximate surface area is 211 Å². The summed E-state index contributed by atoms with van der Waals surface area (Å²) in [6.45, 7) is 6.84. The number of amides is 2. The van der Waals surface area contributed by atoms with Crippen LogP contribution in [0.4, 0.5) is 0 Å². The van der Waals surface area contributed by atoms with Crippen LogP contribution in [0.5, 0.6) is 11.5 Å². The Balaban J connectivity index is 1.55. The number of para-hydroxylation sites is 1. The SMILES string of the molecule is COc1cccc(CN2C(=O)c3cc4occc4n3C[C@]2(C)C(=O)N[C@@H]2CCC[C@@H](C)[C@H]2C)c1OC. The molecule has 8 nitrogen and oxygen atoms in total. The molecular weight excluding hydrogens is 458 g/mol. The second kappa shape index (κ2) is 9.22. The predicted octanol–water partition coefficient (Wildman–Crippen LogP) is 4.61. The molecule has 192 valence electrons. The fourth-order valence-electron chi connectivity index (χ4n) is 5.88. The molecule has 0 unspecified atom stereocenters. The first-order valence-corrected chi connectivity index (χ1v) is 12.7. The van der Waals surface area contributed by atoms with Crippen molar-refractivity contribution in [1.82, 2.24) is 14.8 Å². The number of nitrogens with zero attached hydrogens (tertiary/aromatic N) is 2. The topological polar surface area (TPSA) is 85.9 Å². The Morgan fingerprint density at radius 1 is 1.19 bits per heavy atom. The zero-order chi connectivity index (χ0) is 25.6. The Morgan fingerprint density at radius 2 is 2.00 bits per heavy atom. The van der Waals surface area contributed by atoms with E-state index in [-0.39, 0.29) is 24.4 Å². The average molecular weight is 494 g/mol. The first kappa shape index (κ1) is 24.3. The number of rotatable bonds is 6. The summed E-state index contributed by atoms with van der Waals surface area (Å²) in [5, 5.41) is 3.34. The van der Waals surface area contributed by atoms with Gasteiger partial charge in [-0.2, -0.15) is 0 Å². The highest BCUT2D eigenvalue weighted by atomic mass is 16.5. The van der Waals surface area contributed by atoms with E-state index in [1.807, 2.05) is 35.8 Å². The second-order valence-electron chi connectivity index (χ2n) is 10.5. The molecule has 5 rings (SSSR count). The molecule has 36 heavy (non-hydrogen) atoms. The number of carbonyl (C=O) groups is 2. The highest BCUT2D eigenvalue weighted by Gasteiger charge is 2.49. The van der Waals surface area contributed by atoms with E-state index in [2.05, 4.69) is 19.2 Å². The minimum absolute atomic E-state index is 0.0846. The van der Waals surface area contributed by atoms with Crippen LogP contribution in [0.3, 0.4) is 0 Å². The van der Waals surface area contributed by atoms with Crippen LogP contribution in [0.2, 0.25) is 0 Å².